The van der Waals surface area contributed by atoms with Gasteiger partial charge in [-0.15, -0.1) is 0 Å². The predicted molar refractivity (Wildman–Crippen MR) is 81.1 cm³/mol. The summed E-state index contributed by atoms with van der Waals surface area (Å²) in [5.41, 5.74) is 7.23. The summed E-state index contributed by atoms with van der Waals surface area (Å²) < 4.78 is 11.1. The third kappa shape index (κ3) is 4.47. The molecule has 1 aliphatic rings. The second-order valence-electron chi connectivity index (χ2n) is 5.26. The van der Waals surface area contributed by atoms with Gasteiger partial charge in [0.15, 0.2) is 0 Å². The molecule has 0 saturated carbocycles. The largest absolute Gasteiger partial charge is 0.494 e. The zero-order valence-corrected chi connectivity index (χ0v) is 12.4. The van der Waals surface area contributed by atoms with Crippen LogP contribution in [0.15, 0.2) is 24.3 Å². The molecule has 0 aromatic heterocycles. The second kappa shape index (κ2) is 8.25. The molecule has 1 heterocycles. The molecule has 0 amide bonds. The van der Waals surface area contributed by atoms with Gasteiger partial charge in [0, 0.05) is 19.6 Å². The average molecular weight is 278 g/mol. The average Bonchev–Trinajstić information content (AvgIpc) is 2.50. The fraction of sp³-hybridized carbons (Fsp3) is 0.625. The third-order valence-electron chi connectivity index (χ3n) is 3.73. The van der Waals surface area contributed by atoms with Gasteiger partial charge < -0.3 is 15.2 Å². The van der Waals surface area contributed by atoms with E-state index < -0.39 is 0 Å². The molecule has 0 spiro atoms. The number of ether oxygens (including phenoxy) is 2. The van der Waals surface area contributed by atoms with Crippen LogP contribution in [-0.2, 0) is 11.2 Å². The summed E-state index contributed by atoms with van der Waals surface area (Å²) in [6.45, 7) is 8.18. The minimum atomic E-state index is 0.467. The van der Waals surface area contributed by atoms with Crippen LogP contribution in [0.2, 0.25) is 0 Å². The quantitative estimate of drug-likeness (QED) is 0.822. The highest BCUT2D eigenvalue weighted by Crippen LogP contribution is 2.21. The number of hydrogen-bond donors (Lipinski definition) is 1. The third-order valence-corrected chi connectivity index (χ3v) is 3.73. The van der Waals surface area contributed by atoms with Crippen molar-refractivity contribution in [3.8, 4) is 5.75 Å². The SMILES string of the molecule is CCOc1ccccc1CC(CN)CN1CCOCC1. The van der Waals surface area contributed by atoms with Gasteiger partial charge in [0.1, 0.15) is 5.75 Å². The van der Waals surface area contributed by atoms with Gasteiger partial charge in [-0.05, 0) is 37.4 Å². The summed E-state index contributed by atoms with van der Waals surface area (Å²) in [7, 11) is 0. The Morgan fingerprint density at radius 2 is 2.05 bits per heavy atom. The highest BCUT2D eigenvalue weighted by Gasteiger charge is 2.17. The van der Waals surface area contributed by atoms with Crippen LogP contribution in [0.3, 0.4) is 0 Å². The van der Waals surface area contributed by atoms with Gasteiger partial charge in [0.2, 0.25) is 0 Å². The Balaban J connectivity index is 1.94. The first-order valence-corrected chi connectivity index (χ1v) is 7.54. The molecular formula is C16H26N2O2. The van der Waals surface area contributed by atoms with E-state index in [-0.39, 0.29) is 0 Å². The van der Waals surface area contributed by atoms with Crippen molar-refractivity contribution in [1.82, 2.24) is 4.90 Å². The molecule has 2 N–H and O–H groups in total. The summed E-state index contributed by atoms with van der Waals surface area (Å²) in [4.78, 5) is 2.45. The molecule has 1 unspecified atom stereocenters. The molecule has 2 rings (SSSR count). The fourth-order valence-electron chi connectivity index (χ4n) is 2.65. The van der Waals surface area contributed by atoms with Crippen molar-refractivity contribution >= 4 is 0 Å². The zero-order valence-electron chi connectivity index (χ0n) is 12.4. The number of morpholine rings is 1. The topological polar surface area (TPSA) is 47.7 Å². The van der Waals surface area contributed by atoms with Crippen LogP contribution in [0, 0.1) is 5.92 Å². The zero-order chi connectivity index (χ0) is 14.2. The van der Waals surface area contributed by atoms with Crippen molar-refractivity contribution in [2.24, 2.45) is 11.7 Å². The standard InChI is InChI=1S/C16H26N2O2/c1-2-20-16-6-4-3-5-15(16)11-14(12-17)13-18-7-9-19-10-8-18/h3-6,14H,2,7-13,17H2,1H3. The van der Waals surface area contributed by atoms with Crippen molar-refractivity contribution in [3.05, 3.63) is 29.8 Å². The summed E-state index contributed by atoms with van der Waals surface area (Å²) in [6.07, 6.45) is 0.976. The van der Waals surface area contributed by atoms with Crippen molar-refractivity contribution in [1.29, 1.82) is 0 Å². The molecule has 20 heavy (non-hydrogen) atoms. The molecule has 0 radical (unpaired) electrons. The van der Waals surface area contributed by atoms with Crippen LogP contribution in [0.25, 0.3) is 0 Å². The van der Waals surface area contributed by atoms with E-state index >= 15 is 0 Å². The van der Waals surface area contributed by atoms with Crippen molar-refractivity contribution in [2.45, 2.75) is 13.3 Å². The Hall–Kier alpha value is -1.10. The maximum atomic E-state index is 5.96. The summed E-state index contributed by atoms with van der Waals surface area (Å²) in [6, 6.07) is 8.28. The van der Waals surface area contributed by atoms with Gasteiger partial charge in [0.25, 0.3) is 0 Å². The number of rotatable bonds is 7. The molecule has 1 atom stereocenters. The molecule has 0 bridgehead atoms. The molecule has 1 aromatic rings. The van der Waals surface area contributed by atoms with Gasteiger partial charge in [-0.2, -0.15) is 0 Å². The summed E-state index contributed by atoms with van der Waals surface area (Å²) >= 11 is 0. The molecule has 112 valence electrons. The molecule has 4 heteroatoms. The molecule has 1 aliphatic heterocycles. The van der Waals surface area contributed by atoms with Crippen LogP contribution in [0.1, 0.15) is 12.5 Å². The minimum Gasteiger partial charge on any atom is -0.494 e. The van der Waals surface area contributed by atoms with E-state index in [1.54, 1.807) is 0 Å². The van der Waals surface area contributed by atoms with E-state index in [4.69, 9.17) is 15.2 Å². The molecule has 1 aromatic carbocycles. The molecule has 0 aliphatic carbocycles. The Labute approximate surface area is 121 Å². The van der Waals surface area contributed by atoms with E-state index in [0.29, 0.717) is 19.1 Å². The number of nitrogens with two attached hydrogens (primary N) is 1. The second-order valence-corrected chi connectivity index (χ2v) is 5.26. The molecule has 1 fully saturated rings. The van der Waals surface area contributed by atoms with E-state index in [1.165, 1.54) is 5.56 Å². The summed E-state index contributed by atoms with van der Waals surface area (Å²) in [5, 5.41) is 0. The first-order valence-electron chi connectivity index (χ1n) is 7.54. The minimum absolute atomic E-state index is 0.467. The summed E-state index contributed by atoms with van der Waals surface area (Å²) in [5.74, 6) is 1.46. The normalized spacial score (nSPS) is 17.9. The van der Waals surface area contributed by atoms with Crippen LogP contribution in [-0.4, -0.2) is 50.9 Å². The predicted octanol–water partition coefficient (Wildman–Crippen LogP) is 1.53. The molecule has 1 saturated heterocycles. The maximum absolute atomic E-state index is 5.96. The smallest absolute Gasteiger partial charge is 0.122 e. The highest BCUT2D eigenvalue weighted by molar-refractivity contribution is 5.33. The Bertz CT molecular complexity index is 392. The Kier molecular flexibility index (Phi) is 6.30. The number of hydrogen-bond acceptors (Lipinski definition) is 4. The Morgan fingerprint density at radius 1 is 1.30 bits per heavy atom. The van der Waals surface area contributed by atoms with Crippen LogP contribution in [0.5, 0.6) is 5.75 Å². The van der Waals surface area contributed by atoms with E-state index in [2.05, 4.69) is 17.0 Å². The van der Waals surface area contributed by atoms with Crippen LogP contribution in [0.4, 0.5) is 0 Å². The van der Waals surface area contributed by atoms with E-state index in [0.717, 1.165) is 45.0 Å². The van der Waals surface area contributed by atoms with Crippen molar-refractivity contribution < 1.29 is 9.47 Å². The van der Waals surface area contributed by atoms with Crippen LogP contribution < -0.4 is 10.5 Å². The Morgan fingerprint density at radius 3 is 2.75 bits per heavy atom. The molecule has 4 nitrogen and oxygen atoms in total. The fourth-order valence-corrected chi connectivity index (χ4v) is 2.65. The highest BCUT2D eigenvalue weighted by atomic mass is 16.5. The number of para-hydroxylation sites is 1. The maximum Gasteiger partial charge on any atom is 0.122 e. The van der Waals surface area contributed by atoms with Gasteiger partial charge in [0.05, 0.1) is 19.8 Å². The van der Waals surface area contributed by atoms with Crippen molar-refractivity contribution in [3.63, 3.8) is 0 Å². The van der Waals surface area contributed by atoms with Crippen LogP contribution >= 0.6 is 0 Å². The lowest BCUT2D eigenvalue weighted by atomic mass is 9.98. The van der Waals surface area contributed by atoms with E-state index in [9.17, 15) is 0 Å². The van der Waals surface area contributed by atoms with Gasteiger partial charge in [-0.3, -0.25) is 4.90 Å². The molecular weight excluding hydrogens is 252 g/mol. The first-order chi connectivity index (χ1) is 9.83. The van der Waals surface area contributed by atoms with Gasteiger partial charge in [-0.1, -0.05) is 18.2 Å². The monoisotopic (exact) mass is 278 g/mol. The first kappa shape index (κ1) is 15.3. The number of benzene rings is 1. The number of nitrogens with zero attached hydrogens (tertiary/aromatic N) is 1. The van der Waals surface area contributed by atoms with Gasteiger partial charge in [-0.25, -0.2) is 0 Å². The lowest BCUT2D eigenvalue weighted by Gasteiger charge is -2.30. The lowest BCUT2D eigenvalue weighted by Crippen LogP contribution is -2.41. The van der Waals surface area contributed by atoms with Gasteiger partial charge >= 0.3 is 0 Å². The van der Waals surface area contributed by atoms with Crippen molar-refractivity contribution in [2.75, 3.05) is 46.0 Å². The van der Waals surface area contributed by atoms with E-state index in [1.807, 2.05) is 19.1 Å². The lowest BCUT2D eigenvalue weighted by molar-refractivity contribution is 0.0311.